The van der Waals surface area contributed by atoms with Crippen molar-refractivity contribution in [2.75, 3.05) is 0 Å². The Hall–Kier alpha value is -3.23. The van der Waals surface area contributed by atoms with Crippen LogP contribution in [0.1, 0.15) is 49.4 Å². The van der Waals surface area contributed by atoms with Crippen molar-refractivity contribution in [1.82, 2.24) is 20.2 Å². The molecule has 1 fully saturated rings. The number of nitrogens with zero attached hydrogens (tertiary/aromatic N) is 3. The number of aliphatic carboxylic acids is 1. The molecule has 1 saturated carbocycles. The van der Waals surface area contributed by atoms with Gasteiger partial charge in [0.25, 0.3) is 5.82 Å². The predicted molar refractivity (Wildman–Crippen MR) is 107 cm³/mol. The zero-order valence-electron chi connectivity index (χ0n) is 16.6. The molecule has 4 rings (SSSR count). The first-order chi connectivity index (χ1) is 14.8. The summed E-state index contributed by atoms with van der Waals surface area (Å²) in [5.41, 5.74) is 3.26. The van der Waals surface area contributed by atoms with E-state index in [-0.39, 0.29) is 18.2 Å². The highest BCUT2D eigenvalue weighted by molar-refractivity contribution is 5.67. The van der Waals surface area contributed by atoms with Crippen LogP contribution in [0.15, 0.2) is 42.6 Å². The van der Waals surface area contributed by atoms with Crippen LogP contribution in [0.2, 0.25) is 0 Å². The maximum Gasteiger partial charge on any atom is 0.453 e. The number of aromatic nitrogens is 4. The average molecular weight is 430 g/mol. The van der Waals surface area contributed by atoms with Gasteiger partial charge in [-0.1, -0.05) is 24.3 Å². The topological polar surface area (TPSA) is 91.8 Å². The Morgan fingerprint density at radius 3 is 2.26 bits per heavy atom. The van der Waals surface area contributed by atoms with Gasteiger partial charge < -0.3 is 5.11 Å². The van der Waals surface area contributed by atoms with E-state index in [1.165, 1.54) is 11.8 Å². The van der Waals surface area contributed by atoms with Crippen molar-refractivity contribution in [3.05, 3.63) is 54.0 Å². The predicted octanol–water partition coefficient (Wildman–Crippen LogP) is 5.30. The minimum absolute atomic E-state index is 0.0141. The van der Waals surface area contributed by atoms with E-state index in [2.05, 4.69) is 32.3 Å². The Labute approximate surface area is 176 Å². The monoisotopic (exact) mass is 430 g/mol. The van der Waals surface area contributed by atoms with Crippen molar-refractivity contribution in [2.45, 2.75) is 44.2 Å². The van der Waals surface area contributed by atoms with Gasteiger partial charge in [0.2, 0.25) is 0 Å². The Morgan fingerprint density at radius 2 is 1.71 bits per heavy atom. The quantitative estimate of drug-likeness (QED) is 0.573. The van der Waals surface area contributed by atoms with E-state index >= 15 is 0 Å². The standard InChI is InChI=1S/C22H21F3N4O2/c23-22(24,25)21-27-20(28-29-21)17-9-10-18(26-12-17)16-7-5-15(6-8-16)14-3-1-13(2-4-14)11-19(30)31/h5-10,12-14H,1-4,11H2,(H,30,31)(H,27,28,29)/t13-,14-. The minimum atomic E-state index is -4.60. The highest BCUT2D eigenvalue weighted by Gasteiger charge is 2.36. The number of hydrogen-bond donors (Lipinski definition) is 2. The van der Waals surface area contributed by atoms with Crippen LogP contribution < -0.4 is 0 Å². The van der Waals surface area contributed by atoms with Crippen LogP contribution in [0.25, 0.3) is 22.6 Å². The summed E-state index contributed by atoms with van der Waals surface area (Å²) in [4.78, 5) is 18.7. The van der Waals surface area contributed by atoms with Gasteiger partial charge in [-0.15, -0.1) is 5.10 Å². The van der Waals surface area contributed by atoms with E-state index in [9.17, 15) is 18.0 Å². The van der Waals surface area contributed by atoms with Crippen molar-refractivity contribution in [1.29, 1.82) is 0 Å². The smallest absolute Gasteiger partial charge is 0.453 e. The summed E-state index contributed by atoms with van der Waals surface area (Å²) in [6.45, 7) is 0. The number of alkyl halides is 3. The molecule has 3 aromatic rings. The summed E-state index contributed by atoms with van der Waals surface area (Å²) in [6, 6.07) is 11.5. The molecule has 0 unspecified atom stereocenters. The molecule has 0 aliphatic heterocycles. The zero-order valence-corrected chi connectivity index (χ0v) is 16.6. The SMILES string of the molecule is O=C(O)C[C@H]1CC[C@H](c2ccc(-c3ccc(-c4nc(C(F)(F)F)n[nH]4)cn3)cc2)CC1. The summed E-state index contributed by atoms with van der Waals surface area (Å²) in [6.07, 6.45) is 0.952. The van der Waals surface area contributed by atoms with Gasteiger partial charge in [-0.05, 0) is 55.2 Å². The first-order valence-corrected chi connectivity index (χ1v) is 10.1. The second-order valence-electron chi connectivity index (χ2n) is 7.88. The molecular formula is C22H21F3N4O2. The highest BCUT2D eigenvalue weighted by atomic mass is 19.4. The van der Waals surface area contributed by atoms with Crippen LogP contribution in [0.3, 0.4) is 0 Å². The normalized spacial score (nSPS) is 19.3. The molecule has 0 saturated heterocycles. The van der Waals surface area contributed by atoms with Gasteiger partial charge in [-0.2, -0.15) is 13.2 Å². The molecule has 0 atom stereocenters. The molecule has 9 heteroatoms. The van der Waals surface area contributed by atoms with E-state index in [0.29, 0.717) is 17.2 Å². The molecule has 0 radical (unpaired) electrons. The van der Waals surface area contributed by atoms with Gasteiger partial charge in [0.15, 0.2) is 5.82 Å². The summed E-state index contributed by atoms with van der Waals surface area (Å²) in [5.74, 6) is -1.22. The molecule has 1 aliphatic rings. The molecule has 1 aromatic carbocycles. The molecule has 0 spiro atoms. The number of aromatic amines is 1. The van der Waals surface area contributed by atoms with E-state index in [1.807, 2.05) is 12.1 Å². The summed E-state index contributed by atoms with van der Waals surface area (Å²) in [7, 11) is 0. The molecule has 31 heavy (non-hydrogen) atoms. The average Bonchev–Trinajstić information content (AvgIpc) is 3.25. The number of hydrogen-bond acceptors (Lipinski definition) is 4. The Bertz CT molecular complexity index is 1040. The lowest BCUT2D eigenvalue weighted by atomic mass is 9.77. The summed E-state index contributed by atoms with van der Waals surface area (Å²) >= 11 is 0. The van der Waals surface area contributed by atoms with Crippen molar-refractivity contribution in [3.8, 4) is 22.6 Å². The zero-order chi connectivity index (χ0) is 22.0. The van der Waals surface area contributed by atoms with Crippen LogP contribution in [-0.2, 0) is 11.0 Å². The fourth-order valence-corrected chi connectivity index (χ4v) is 4.10. The number of carboxylic acid groups (broad SMARTS) is 1. The van der Waals surface area contributed by atoms with Crippen LogP contribution in [0.4, 0.5) is 13.2 Å². The Kier molecular flexibility index (Phi) is 5.75. The molecule has 0 amide bonds. The van der Waals surface area contributed by atoms with E-state index in [4.69, 9.17) is 5.11 Å². The van der Waals surface area contributed by atoms with Gasteiger partial charge in [0, 0.05) is 23.7 Å². The van der Waals surface area contributed by atoms with Gasteiger partial charge in [0.05, 0.1) is 5.69 Å². The number of carbonyl (C=O) groups is 1. The Morgan fingerprint density at radius 1 is 1.03 bits per heavy atom. The van der Waals surface area contributed by atoms with Crippen molar-refractivity contribution >= 4 is 5.97 Å². The number of H-pyrrole nitrogens is 1. The molecular weight excluding hydrogens is 409 g/mol. The van der Waals surface area contributed by atoms with Crippen LogP contribution in [0.5, 0.6) is 0 Å². The maximum absolute atomic E-state index is 12.7. The first kappa shape index (κ1) is 21.0. The number of rotatable bonds is 5. The minimum Gasteiger partial charge on any atom is -0.481 e. The molecule has 2 heterocycles. The fraction of sp³-hybridized carbons (Fsp3) is 0.364. The number of pyridine rings is 1. The highest BCUT2D eigenvalue weighted by Crippen LogP contribution is 2.37. The van der Waals surface area contributed by atoms with Gasteiger partial charge in [-0.3, -0.25) is 14.9 Å². The molecule has 2 aromatic heterocycles. The third kappa shape index (κ3) is 4.92. The number of carboxylic acids is 1. The van der Waals surface area contributed by atoms with Crippen molar-refractivity contribution < 1.29 is 23.1 Å². The van der Waals surface area contributed by atoms with Crippen molar-refractivity contribution in [2.24, 2.45) is 5.92 Å². The van der Waals surface area contributed by atoms with Crippen LogP contribution in [0, 0.1) is 5.92 Å². The summed E-state index contributed by atoms with van der Waals surface area (Å²) < 4.78 is 38.0. The molecule has 0 bridgehead atoms. The van der Waals surface area contributed by atoms with E-state index < -0.39 is 18.0 Å². The number of nitrogens with one attached hydrogen (secondary N) is 1. The number of benzene rings is 1. The molecule has 162 valence electrons. The van der Waals surface area contributed by atoms with Crippen LogP contribution >= 0.6 is 0 Å². The second kappa shape index (κ2) is 8.49. The lowest BCUT2D eigenvalue weighted by Gasteiger charge is -2.28. The van der Waals surface area contributed by atoms with E-state index in [1.54, 1.807) is 12.1 Å². The first-order valence-electron chi connectivity index (χ1n) is 10.1. The fourth-order valence-electron chi connectivity index (χ4n) is 4.10. The van der Waals surface area contributed by atoms with E-state index in [0.717, 1.165) is 31.2 Å². The second-order valence-corrected chi connectivity index (χ2v) is 7.88. The number of halogens is 3. The third-order valence-electron chi connectivity index (χ3n) is 5.76. The molecule has 2 N–H and O–H groups in total. The third-order valence-corrected chi connectivity index (χ3v) is 5.76. The van der Waals surface area contributed by atoms with Gasteiger partial charge >= 0.3 is 12.1 Å². The lowest BCUT2D eigenvalue weighted by molar-refractivity contribution is -0.144. The lowest BCUT2D eigenvalue weighted by Crippen LogP contribution is -2.16. The summed E-state index contributed by atoms with van der Waals surface area (Å²) in [5, 5.41) is 14.4. The molecule has 6 nitrogen and oxygen atoms in total. The van der Waals surface area contributed by atoms with Gasteiger partial charge in [0.1, 0.15) is 0 Å². The Balaban J connectivity index is 1.41. The maximum atomic E-state index is 12.7. The van der Waals surface area contributed by atoms with Crippen LogP contribution in [-0.4, -0.2) is 31.2 Å². The van der Waals surface area contributed by atoms with Gasteiger partial charge in [-0.25, -0.2) is 4.98 Å². The van der Waals surface area contributed by atoms with Crippen molar-refractivity contribution in [3.63, 3.8) is 0 Å². The molecule has 1 aliphatic carbocycles. The largest absolute Gasteiger partial charge is 0.481 e.